The Morgan fingerprint density at radius 1 is 1.18 bits per heavy atom. The molecule has 0 bridgehead atoms. The molecule has 1 aliphatic rings. The number of nitrogens with zero attached hydrogens (tertiary/aromatic N) is 1. The Morgan fingerprint density at radius 2 is 1.71 bits per heavy atom. The zero-order valence-electron chi connectivity index (χ0n) is 15.9. The first-order valence-electron chi connectivity index (χ1n) is 8.96. The highest BCUT2D eigenvalue weighted by Crippen LogP contribution is 2.46. The summed E-state index contributed by atoms with van der Waals surface area (Å²) in [5.74, 6) is -5.74. The maximum absolute atomic E-state index is 12.7. The summed E-state index contributed by atoms with van der Waals surface area (Å²) in [6, 6.07) is 5.17. The van der Waals surface area contributed by atoms with E-state index < -0.39 is 52.4 Å². The Labute approximate surface area is 161 Å². The number of aliphatic hydroxyl groups is 1. The van der Waals surface area contributed by atoms with Gasteiger partial charge in [-0.25, -0.2) is 0 Å². The zero-order chi connectivity index (χ0) is 21.1. The molecule has 0 saturated heterocycles. The number of nitro groups is 1. The quantitative estimate of drug-likeness (QED) is 0.334. The molecule has 0 amide bonds. The number of ether oxygens (including phenoxy) is 2. The first-order valence-corrected chi connectivity index (χ1v) is 8.96. The van der Waals surface area contributed by atoms with Gasteiger partial charge in [-0.15, -0.1) is 0 Å². The maximum Gasteiger partial charge on any atom is 0.317 e. The zero-order valence-corrected chi connectivity index (χ0v) is 15.9. The number of Topliss-reactive ketones (excluding diaryl/α,β-unsaturated/α-hetero) is 1. The fourth-order valence-electron chi connectivity index (χ4n) is 3.70. The van der Waals surface area contributed by atoms with Gasteiger partial charge in [-0.1, -0.05) is 12.1 Å². The third kappa shape index (κ3) is 4.19. The second-order valence-corrected chi connectivity index (χ2v) is 6.83. The van der Waals surface area contributed by atoms with Crippen molar-refractivity contribution >= 4 is 23.4 Å². The normalized spacial score (nSPS) is 27.1. The molecule has 1 N–H and O–H groups in total. The Balaban J connectivity index is 2.61. The molecular weight excluding hydrogens is 370 g/mol. The monoisotopic (exact) mass is 393 g/mol. The predicted molar refractivity (Wildman–Crippen MR) is 96.3 cm³/mol. The molecule has 0 radical (unpaired) electrons. The lowest BCUT2D eigenvalue weighted by Crippen LogP contribution is -2.55. The molecule has 0 spiro atoms. The Hall–Kier alpha value is -2.81. The maximum atomic E-state index is 12.7. The molecular formula is C19H23NO8. The van der Waals surface area contributed by atoms with Crippen molar-refractivity contribution in [1.29, 1.82) is 0 Å². The molecule has 1 fully saturated rings. The number of ketones is 1. The van der Waals surface area contributed by atoms with Gasteiger partial charge in [0.2, 0.25) is 0 Å². The minimum atomic E-state index is -1.75. The van der Waals surface area contributed by atoms with Crippen LogP contribution in [0, 0.1) is 22.0 Å². The fraction of sp³-hybridized carbons (Fsp3) is 0.526. The number of carbonyl (C=O) groups excluding carboxylic acids is 3. The number of benzene rings is 1. The summed E-state index contributed by atoms with van der Waals surface area (Å²) in [6.07, 6.45) is -0.413. The lowest BCUT2D eigenvalue weighted by atomic mass is 9.61. The summed E-state index contributed by atoms with van der Waals surface area (Å²) < 4.78 is 10.1. The van der Waals surface area contributed by atoms with Gasteiger partial charge >= 0.3 is 11.9 Å². The van der Waals surface area contributed by atoms with E-state index in [1.54, 1.807) is 13.8 Å². The lowest BCUT2D eigenvalue weighted by molar-refractivity contribution is -0.384. The Kier molecular flexibility index (Phi) is 6.50. The van der Waals surface area contributed by atoms with Crippen LogP contribution in [0.3, 0.4) is 0 Å². The lowest BCUT2D eigenvalue weighted by Gasteiger charge is -2.43. The van der Waals surface area contributed by atoms with Gasteiger partial charge in [-0.3, -0.25) is 24.5 Å². The van der Waals surface area contributed by atoms with Gasteiger partial charge in [0.25, 0.3) is 5.69 Å². The van der Waals surface area contributed by atoms with Crippen molar-refractivity contribution in [2.75, 3.05) is 13.2 Å². The van der Waals surface area contributed by atoms with Gasteiger partial charge in [0.15, 0.2) is 5.78 Å². The van der Waals surface area contributed by atoms with Crippen molar-refractivity contribution in [1.82, 2.24) is 0 Å². The minimum absolute atomic E-state index is 0.0378. The minimum Gasteiger partial charge on any atom is -0.466 e. The molecule has 0 unspecified atom stereocenters. The molecule has 1 saturated carbocycles. The smallest absolute Gasteiger partial charge is 0.317 e. The van der Waals surface area contributed by atoms with Crippen LogP contribution < -0.4 is 0 Å². The van der Waals surface area contributed by atoms with Crippen LogP contribution in [0.25, 0.3) is 0 Å². The van der Waals surface area contributed by atoms with Crippen LogP contribution in [-0.4, -0.2) is 46.6 Å². The van der Waals surface area contributed by atoms with E-state index in [4.69, 9.17) is 9.47 Å². The van der Waals surface area contributed by atoms with Crippen molar-refractivity contribution in [3.05, 3.63) is 39.9 Å². The van der Waals surface area contributed by atoms with Crippen molar-refractivity contribution in [3.8, 4) is 0 Å². The Bertz CT molecular complexity index is 771. The number of carbonyl (C=O) groups is 3. The topological polar surface area (TPSA) is 133 Å². The highest BCUT2D eigenvalue weighted by molar-refractivity contribution is 6.02. The second-order valence-electron chi connectivity index (χ2n) is 6.83. The van der Waals surface area contributed by atoms with E-state index in [1.807, 2.05) is 0 Å². The Morgan fingerprint density at radius 3 is 2.21 bits per heavy atom. The number of hydrogen-bond acceptors (Lipinski definition) is 8. The van der Waals surface area contributed by atoms with E-state index in [0.717, 1.165) is 0 Å². The average Bonchev–Trinajstić information content (AvgIpc) is 2.60. The fourth-order valence-corrected chi connectivity index (χ4v) is 3.70. The van der Waals surface area contributed by atoms with E-state index in [9.17, 15) is 29.6 Å². The number of rotatable bonds is 6. The molecule has 1 aliphatic carbocycles. The van der Waals surface area contributed by atoms with E-state index in [0.29, 0.717) is 5.56 Å². The first kappa shape index (κ1) is 21.5. The molecule has 152 valence electrons. The third-order valence-corrected chi connectivity index (χ3v) is 4.84. The largest absolute Gasteiger partial charge is 0.466 e. The molecule has 0 aliphatic heterocycles. The van der Waals surface area contributed by atoms with Crippen molar-refractivity contribution in [2.45, 2.75) is 38.7 Å². The van der Waals surface area contributed by atoms with Crippen molar-refractivity contribution in [2.24, 2.45) is 11.8 Å². The van der Waals surface area contributed by atoms with E-state index in [-0.39, 0.29) is 18.9 Å². The predicted octanol–water partition coefficient (Wildman–Crippen LogP) is 1.76. The molecule has 9 nitrogen and oxygen atoms in total. The summed E-state index contributed by atoms with van der Waals surface area (Å²) in [4.78, 5) is 48.2. The molecule has 2 rings (SSSR count). The van der Waals surface area contributed by atoms with E-state index >= 15 is 0 Å². The summed E-state index contributed by atoms with van der Waals surface area (Å²) in [6.45, 7) is 4.62. The molecule has 1 aromatic carbocycles. The molecule has 0 aromatic heterocycles. The van der Waals surface area contributed by atoms with Crippen molar-refractivity contribution < 1.29 is 33.9 Å². The van der Waals surface area contributed by atoms with Crippen LogP contribution in [-0.2, 0) is 23.9 Å². The third-order valence-electron chi connectivity index (χ3n) is 4.84. The summed E-state index contributed by atoms with van der Waals surface area (Å²) >= 11 is 0. The summed E-state index contributed by atoms with van der Waals surface area (Å²) in [5, 5.41) is 21.7. The highest BCUT2D eigenvalue weighted by Gasteiger charge is 2.57. The SMILES string of the molecule is CCOC(=O)[C@H]1C(=O)C[C@@](C)(O)[C@H](C(=O)OCC)[C@@H]1c1ccc([N+](=O)[O-])cc1. The van der Waals surface area contributed by atoms with Gasteiger partial charge in [-0.05, 0) is 26.3 Å². The molecule has 28 heavy (non-hydrogen) atoms. The van der Waals surface area contributed by atoms with Crippen LogP contribution >= 0.6 is 0 Å². The summed E-state index contributed by atoms with van der Waals surface area (Å²) in [7, 11) is 0. The van der Waals surface area contributed by atoms with Gasteiger partial charge in [0.05, 0.1) is 29.7 Å². The van der Waals surface area contributed by atoms with Gasteiger partial charge in [0, 0.05) is 24.5 Å². The molecule has 9 heteroatoms. The van der Waals surface area contributed by atoms with Gasteiger partial charge < -0.3 is 14.6 Å². The summed E-state index contributed by atoms with van der Waals surface area (Å²) in [5.41, 5.74) is -1.60. The highest BCUT2D eigenvalue weighted by atomic mass is 16.6. The number of esters is 2. The average molecular weight is 393 g/mol. The van der Waals surface area contributed by atoms with E-state index in [2.05, 4.69) is 0 Å². The number of hydrogen-bond donors (Lipinski definition) is 1. The molecule has 4 atom stereocenters. The van der Waals surface area contributed by atoms with Gasteiger partial charge in [-0.2, -0.15) is 0 Å². The molecule has 0 heterocycles. The number of nitro benzene ring substituents is 1. The van der Waals surface area contributed by atoms with Crippen LogP contribution in [0.1, 0.15) is 38.7 Å². The second kappa shape index (κ2) is 8.47. The number of non-ortho nitro benzene ring substituents is 1. The van der Waals surface area contributed by atoms with Crippen LogP contribution in [0.4, 0.5) is 5.69 Å². The van der Waals surface area contributed by atoms with E-state index in [1.165, 1.54) is 31.2 Å². The molecule has 1 aromatic rings. The standard InChI is InChI=1S/C19H23NO8/c1-4-27-17(22)15-13(21)10-19(3,24)16(18(23)28-5-2)14(15)11-6-8-12(9-7-11)20(25)26/h6-9,14-16,24H,4-5,10H2,1-3H3/t14-,15+,16+,19-/m1/s1. The van der Waals surface area contributed by atoms with Crippen molar-refractivity contribution in [3.63, 3.8) is 0 Å². The van der Waals surface area contributed by atoms with Crippen LogP contribution in [0.2, 0.25) is 0 Å². The first-order chi connectivity index (χ1) is 13.1. The van der Waals surface area contributed by atoms with Gasteiger partial charge in [0.1, 0.15) is 5.92 Å². The van der Waals surface area contributed by atoms with Crippen LogP contribution in [0.5, 0.6) is 0 Å². The van der Waals surface area contributed by atoms with Crippen LogP contribution in [0.15, 0.2) is 24.3 Å².